The summed E-state index contributed by atoms with van der Waals surface area (Å²) in [7, 11) is 1.48. The molecule has 5 rings (SSSR count). The number of hydrogen-bond donors (Lipinski definition) is 1. The number of quaternary nitrogens is 1. The van der Waals surface area contributed by atoms with Gasteiger partial charge in [0.15, 0.2) is 17.2 Å². The molecule has 34 heavy (non-hydrogen) atoms. The molecule has 4 aromatic rings. The molecule has 1 aliphatic rings. The molecule has 1 aliphatic heterocycles. The second-order valence-corrected chi connectivity index (χ2v) is 8.91. The highest BCUT2D eigenvalue weighted by atomic mass is 19.1. The molecule has 0 aliphatic carbocycles. The fraction of sp³-hybridized carbons (Fsp3) is 0.333. The van der Waals surface area contributed by atoms with Gasteiger partial charge >= 0.3 is 0 Å². The van der Waals surface area contributed by atoms with Crippen LogP contribution >= 0.6 is 0 Å². The number of para-hydroxylation sites is 2. The van der Waals surface area contributed by atoms with Crippen molar-refractivity contribution in [1.29, 1.82) is 5.26 Å². The van der Waals surface area contributed by atoms with Crippen LogP contribution in [0.4, 0.5) is 10.2 Å². The number of ether oxygens (including phenoxy) is 1. The highest BCUT2D eigenvalue weighted by Gasteiger charge is 2.27. The number of halogens is 1. The van der Waals surface area contributed by atoms with Gasteiger partial charge in [0.1, 0.15) is 18.4 Å². The third kappa shape index (κ3) is 3.64. The molecular formula is C27H29FN5O+. The number of nitriles is 1. The molecular weight excluding hydrogens is 429 g/mol. The van der Waals surface area contributed by atoms with Crippen LogP contribution in [0.15, 0.2) is 42.5 Å². The van der Waals surface area contributed by atoms with Crippen molar-refractivity contribution in [2.75, 3.05) is 38.2 Å². The minimum absolute atomic E-state index is 0.281. The van der Waals surface area contributed by atoms with Crippen molar-refractivity contribution in [2.24, 2.45) is 0 Å². The summed E-state index contributed by atoms with van der Waals surface area (Å²) in [6, 6.07) is 15.7. The number of imidazole rings is 1. The molecule has 174 valence electrons. The summed E-state index contributed by atoms with van der Waals surface area (Å²) < 4.78 is 21.4. The number of nitrogens with zero attached hydrogens (tertiary/aromatic N) is 4. The number of rotatable bonds is 5. The first-order valence-electron chi connectivity index (χ1n) is 11.8. The molecule has 0 spiro atoms. The molecule has 0 amide bonds. The van der Waals surface area contributed by atoms with E-state index in [-0.39, 0.29) is 11.6 Å². The van der Waals surface area contributed by atoms with Gasteiger partial charge in [0.25, 0.3) is 0 Å². The van der Waals surface area contributed by atoms with E-state index < -0.39 is 0 Å². The molecule has 7 heteroatoms. The predicted octanol–water partition coefficient (Wildman–Crippen LogP) is 3.28. The lowest BCUT2D eigenvalue weighted by Crippen LogP contribution is -3.13. The van der Waals surface area contributed by atoms with Gasteiger partial charge in [-0.3, -0.25) is 4.40 Å². The molecule has 2 aromatic heterocycles. The van der Waals surface area contributed by atoms with Crippen LogP contribution in [0.25, 0.3) is 16.7 Å². The zero-order chi connectivity index (χ0) is 23.8. The lowest BCUT2D eigenvalue weighted by atomic mass is 10.0. The standard InChI is InChI=1S/C27H28FN5O/c1-4-20-18(2)21(16-29)26-30-23-7-5-6-8-24(23)33(26)27(20)32-13-11-31(12-14-32)17-19-9-10-25(34-3)22(28)15-19/h5-10,15H,4,11-14,17H2,1-3H3/p+1. The third-order valence-corrected chi connectivity index (χ3v) is 7.00. The quantitative estimate of drug-likeness (QED) is 0.499. The molecule has 0 saturated carbocycles. The van der Waals surface area contributed by atoms with Gasteiger partial charge in [-0.1, -0.05) is 19.1 Å². The summed E-state index contributed by atoms with van der Waals surface area (Å²) >= 11 is 0. The summed E-state index contributed by atoms with van der Waals surface area (Å²) in [5.41, 5.74) is 6.52. The first-order chi connectivity index (χ1) is 16.5. The Morgan fingerprint density at radius 3 is 2.62 bits per heavy atom. The van der Waals surface area contributed by atoms with Crippen LogP contribution in [-0.4, -0.2) is 42.7 Å². The summed E-state index contributed by atoms with van der Waals surface area (Å²) in [6.07, 6.45) is 0.844. The Labute approximate surface area is 198 Å². The maximum absolute atomic E-state index is 14.1. The van der Waals surface area contributed by atoms with Crippen molar-refractivity contribution in [1.82, 2.24) is 9.38 Å². The van der Waals surface area contributed by atoms with E-state index in [1.807, 2.05) is 31.2 Å². The first kappa shape index (κ1) is 22.2. The van der Waals surface area contributed by atoms with Crippen LogP contribution in [0.2, 0.25) is 0 Å². The van der Waals surface area contributed by atoms with E-state index in [0.717, 1.165) is 72.8 Å². The van der Waals surface area contributed by atoms with E-state index in [1.54, 1.807) is 12.1 Å². The van der Waals surface area contributed by atoms with Crippen molar-refractivity contribution in [3.05, 3.63) is 70.5 Å². The largest absolute Gasteiger partial charge is 0.494 e. The average Bonchev–Trinajstić information content (AvgIpc) is 3.23. The zero-order valence-corrected chi connectivity index (χ0v) is 19.9. The number of methoxy groups -OCH3 is 1. The lowest BCUT2D eigenvalue weighted by molar-refractivity contribution is -0.914. The topological polar surface area (TPSA) is 58.0 Å². The van der Waals surface area contributed by atoms with Gasteiger partial charge in [-0.15, -0.1) is 0 Å². The van der Waals surface area contributed by atoms with Gasteiger partial charge in [0.2, 0.25) is 0 Å². The minimum atomic E-state index is -0.312. The van der Waals surface area contributed by atoms with Crippen molar-refractivity contribution in [3.8, 4) is 11.8 Å². The smallest absolute Gasteiger partial charge is 0.165 e. The molecule has 6 nitrogen and oxygen atoms in total. The van der Waals surface area contributed by atoms with Crippen molar-refractivity contribution >= 4 is 22.5 Å². The van der Waals surface area contributed by atoms with E-state index >= 15 is 0 Å². The highest BCUT2D eigenvalue weighted by Crippen LogP contribution is 2.33. The van der Waals surface area contributed by atoms with E-state index in [2.05, 4.69) is 28.4 Å². The SMILES string of the molecule is CCc1c(C)c(C#N)c2nc3ccccc3n2c1N1CC[NH+](Cc2ccc(OC)c(F)c2)CC1. The zero-order valence-electron chi connectivity index (χ0n) is 19.9. The maximum Gasteiger partial charge on any atom is 0.165 e. The van der Waals surface area contributed by atoms with E-state index in [4.69, 9.17) is 9.72 Å². The molecule has 0 unspecified atom stereocenters. The molecule has 3 heterocycles. The highest BCUT2D eigenvalue weighted by molar-refractivity contribution is 5.86. The maximum atomic E-state index is 14.1. The Bertz CT molecular complexity index is 1410. The van der Waals surface area contributed by atoms with Crippen LogP contribution < -0.4 is 14.5 Å². The van der Waals surface area contributed by atoms with Crippen LogP contribution in [0.1, 0.15) is 29.2 Å². The van der Waals surface area contributed by atoms with Gasteiger partial charge in [0, 0.05) is 5.56 Å². The molecule has 0 radical (unpaired) electrons. The Balaban J connectivity index is 1.48. The fourth-order valence-corrected chi connectivity index (χ4v) is 5.24. The summed E-state index contributed by atoms with van der Waals surface area (Å²) in [5, 5.41) is 9.94. The Morgan fingerprint density at radius 2 is 1.94 bits per heavy atom. The Morgan fingerprint density at radius 1 is 1.18 bits per heavy atom. The number of nitrogens with one attached hydrogen (secondary N) is 1. The van der Waals surface area contributed by atoms with Crippen LogP contribution in [0, 0.1) is 24.1 Å². The second kappa shape index (κ2) is 8.96. The lowest BCUT2D eigenvalue weighted by Gasteiger charge is -2.35. The first-order valence-corrected chi connectivity index (χ1v) is 11.8. The summed E-state index contributed by atoms with van der Waals surface area (Å²) in [4.78, 5) is 8.70. The van der Waals surface area contributed by atoms with Crippen molar-refractivity contribution < 1.29 is 14.0 Å². The Kier molecular flexibility index (Phi) is 5.84. The van der Waals surface area contributed by atoms with Crippen molar-refractivity contribution in [3.63, 3.8) is 0 Å². The molecule has 0 atom stereocenters. The van der Waals surface area contributed by atoms with E-state index in [0.29, 0.717) is 5.56 Å². The molecule has 1 saturated heterocycles. The number of hydrogen-bond acceptors (Lipinski definition) is 4. The van der Waals surface area contributed by atoms with Crippen molar-refractivity contribution in [2.45, 2.75) is 26.8 Å². The van der Waals surface area contributed by atoms with Gasteiger partial charge in [0.05, 0.1) is 49.9 Å². The average molecular weight is 459 g/mol. The fourth-order valence-electron chi connectivity index (χ4n) is 5.24. The number of piperazine rings is 1. The summed E-state index contributed by atoms with van der Waals surface area (Å²) in [5.74, 6) is 1.12. The van der Waals surface area contributed by atoms with Crippen LogP contribution in [-0.2, 0) is 13.0 Å². The number of anilines is 1. The summed E-state index contributed by atoms with van der Waals surface area (Å²) in [6.45, 7) is 8.64. The number of aromatic nitrogens is 2. The van der Waals surface area contributed by atoms with E-state index in [1.165, 1.54) is 17.6 Å². The Hall–Kier alpha value is -3.63. The molecule has 2 aromatic carbocycles. The number of benzene rings is 2. The third-order valence-electron chi connectivity index (χ3n) is 7.00. The van der Waals surface area contributed by atoms with Gasteiger partial charge in [-0.05, 0) is 54.8 Å². The van der Waals surface area contributed by atoms with Gasteiger partial charge < -0.3 is 14.5 Å². The molecule has 0 bridgehead atoms. The minimum Gasteiger partial charge on any atom is -0.494 e. The van der Waals surface area contributed by atoms with Crippen LogP contribution in [0.5, 0.6) is 5.75 Å². The number of pyridine rings is 1. The second-order valence-electron chi connectivity index (χ2n) is 8.91. The number of fused-ring (bicyclic) bond motifs is 3. The van der Waals surface area contributed by atoms with Crippen LogP contribution in [0.3, 0.4) is 0 Å². The molecule has 1 fully saturated rings. The van der Waals surface area contributed by atoms with Gasteiger partial charge in [-0.25, -0.2) is 9.37 Å². The van der Waals surface area contributed by atoms with Gasteiger partial charge in [-0.2, -0.15) is 5.26 Å². The normalized spacial score (nSPS) is 14.6. The molecule has 1 N–H and O–H groups in total. The monoisotopic (exact) mass is 458 g/mol. The predicted molar refractivity (Wildman–Crippen MR) is 131 cm³/mol. The van der Waals surface area contributed by atoms with E-state index in [9.17, 15) is 9.65 Å².